The molecule has 4 N–H and O–H groups in total. The summed E-state index contributed by atoms with van der Waals surface area (Å²) in [6, 6.07) is 3.13. The number of nitrogens with two attached hydrogens (primary N) is 1. The molecule has 0 aliphatic heterocycles. The van der Waals surface area contributed by atoms with E-state index in [4.69, 9.17) is 15.4 Å². The van der Waals surface area contributed by atoms with Crippen molar-refractivity contribution in [3.05, 3.63) is 18.2 Å². The van der Waals surface area contributed by atoms with Gasteiger partial charge in [0.2, 0.25) is 0 Å². The van der Waals surface area contributed by atoms with Gasteiger partial charge < -0.3 is 10.8 Å². The fraction of sp³-hybridized carbons (Fsp3) is 0. The van der Waals surface area contributed by atoms with Gasteiger partial charge in [0.25, 0.3) is 10.1 Å². The van der Waals surface area contributed by atoms with Crippen LogP contribution in [-0.4, -0.2) is 18.1 Å². The summed E-state index contributed by atoms with van der Waals surface area (Å²) in [6.45, 7) is 0. The van der Waals surface area contributed by atoms with E-state index in [-0.39, 0.29) is 11.4 Å². The highest BCUT2D eigenvalue weighted by molar-refractivity contribution is 7.85. The molecule has 0 fully saturated rings. The number of phenolic OH excluding ortho intramolecular Hbond substituents is 1. The van der Waals surface area contributed by atoms with Gasteiger partial charge in [0.05, 0.1) is 4.90 Å². The third-order valence-electron chi connectivity index (χ3n) is 1.21. The lowest BCUT2D eigenvalue weighted by Crippen LogP contribution is -1.98. The molecular weight excluding hydrogens is 182 g/mol. The monoisotopic (exact) mass is 189 g/mol. The summed E-state index contributed by atoms with van der Waals surface area (Å²) < 4.78 is 29.6. The predicted octanol–water partition coefficient (Wildman–Crippen LogP) is 0.221. The number of hydrogen-bond donors (Lipinski definition) is 3. The summed E-state index contributed by atoms with van der Waals surface area (Å²) in [5.74, 6) is -0.303. The van der Waals surface area contributed by atoms with Gasteiger partial charge in [-0.3, -0.25) is 4.55 Å². The molecular formula is C6H7NO4S. The molecule has 5 nitrogen and oxygen atoms in total. The lowest BCUT2D eigenvalue weighted by atomic mass is 10.3. The second kappa shape index (κ2) is 2.65. The second-order valence-electron chi connectivity index (χ2n) is 2.24. The summed E-state index contributed by atoms with van der Waals surface area (Å²) in [5, 5.41) is 8.90. The van der Waals surface area contributed by atoms with E-state index in [9.17, 15) is 8.42 Å². The molecule has 0 saturated carbocycles. The quantitative estimate of drug-likeness (QED) is 0.433. The molecule has 0 radical (unpaired) electrons. The van der Waals surface area contributed by atoms with Crippen molar-refractivity contribution in [2.24, 2.45) is 0 Å². The van der Waals surface area contributed by atoms with Crippen molar-refractivity contribution in [2.45, 2.75) is 4.90 Å². The van der Waals surface area contributed by atoms with Crippen LogP contribution in [0.15, 0.2) is 23.1 Å². The van der Waals surface area contributed by atoms with Gasteiger partial charge >= 0.3 is 0 Å². The summed E-state index contributed by atoms with van der Waals surface area (Å²) in [6.07, 6.45) is 0. The van der Waals surface area contributed by atoms with Crippen LogP contribution in [0.5, 0.6) is 5.75 Å². The topological polar surface area (TPSA) is 101 Å². The Morgan fingerprint density at radius 1 is 1.25 bits per heavy atom. The average molecular weight is 189 g/mol. The lowest BCUT2D eigenvalue weighted by Gasteiger charge is -1.99. The summed E-state index contributed by atoms with van der Waals surface area (Å²) in [7, 11) is -4.29. The van der Waals surface area contributed by atoms with Crippen LogP contribution in [-0.2, 0) is 10.1 Å². The van der Waals surface area contributed by atoms with Crippen molar-refractivity contribution >= 4 is 15.8 Å². The lowest BCUT2D eigenvalue weighted by molar-refractivity contribution is 0.466. The molecule has 0 amide bonds. The van der Waals surface area contributed by atoms with Gasteiger partial charge in [-0.25, -0.2) is 0 Å². The first-order valence-electron chi connectivity index (χ1n) is 2.96. The number of aromatic hydroxyl groups is 1. The van der Waals surface area contributed by atoms with Crippen molar-refractivity contribution < 1.29 is 18.1 Å². The Labute approximate surface area is 69.2 Å². The molecule has 0 spiro atoms. The van der Waals surface area contributed by atoms with Crippen LogP contribution in [0, 0.1) is 0 Å². The van der Waals surface area contributed by atoms with Crippen molar-refractivity contribution in [2.75, 3.05) is 5.73 Å². The maximum atomic E-state index is 10.5. The zero-order valence-corrected chi connectivity index (χ0v) is 6.75. The van der Waals surface area contributed by atoms with Gasteiger partial charge in [-0.15, -0.1) is 0 Å². The van der Waals surface area contributed by atoms with Crippen molar-refractivity contribution in [3.8, 4) is 5.75 Å². The van der Waals surface area contributed by atoms with Gasteiger partial charge in [0.1, 0.15) is 5.75 Å². The van der Waals surface area contributed by atoms with Crippen LogP contribution in [0.2, 0.25) is 0 Å². The Balaban J connectivity index is 3.37. The molecule has 0 unspecified atom stereocenters. The van der Waals surface area contributed by atoms with Crippen LogP contribution in [0.4, 0.5) is 5.69 Å². The fourth-order valence-electron chi connectivity index (χ4n) is 0.755. The molecule has 0 aromatic heterocycles. The number of nitrogen functional groups attached to an aromatic ring is 1. The molecule has 1 aromatic carbocycles. The molecule has 1 aromatic rings. The molecule has 0 saturated heterocycles. The smallest absolute Gasteiger partial charge is 0.294 e. The van der Waals surface area contributed by atoms with E-state index in [0.29, 0.717) is 0 Å². The number of benzene rings is 1. The first kappa shape index (κ1) is 8.82. The Hall–Kier alpha value is -1.27. The largest absolute Gasteiger partial charge is 0.508 e. The molecule has 0 atom stereocenters. The van der Waals surface area contributed by atoms with Crippen molar-refractivity contribution in [3.63, 3.8) is 0 Å². The fourth-order valence-corrected chi connectivity index (χ4v) is 1.31. The SMILES string of the molecule is Nc1cc(O)cc(S(=O)(=O)O)c1. The standard InChI is InChI=1S/C6H7NO4S/c7-4-1-5(8)3-6(2-4)12(9,10)11/h1-3,8H,7H2,(H,9,10,11). The molecule has 0 aliphatic rings. The second-order valence-corrected chi connectivity index (χ2v) is 3.66. The third-order valence-corrected chi connectivity index (χ3v) is 2.04. The van der Waals surface area contributed by atoms with Gasteiger partial charge in [0, 0.05) is 17.8 Å². The Kier molecular flexibility index (Phi) is 1.95. The summed E-state index contributed by atoms with van der Waals surface area (Å²) in [5.41, 5.74) is 5.29. The summed E-state index contributed by atoms with van der Waals surface area (Å²) >= 11 is 0. The minimum Gasteiger partial charge on any atom is -0.508 e. The zero-order chi connectivity index (χ0) is 9.35. The van der Waals surface area contributed by atoms with E-state index in [0.717, 1.165) is 12.1 Å². The first-order valence-corrected chi connectivity index (χ1v) is 4.40. The van der Waals surface area contributed by atoms with E-state index >= 15 is 0 Å². The molecule has 6 heteroatoms. The van der Waals surface area contributed by atoms with Gasteiger partial charge in [-0.2, -0.15) is 8.42 Å². The van der Waals surface area contributed by atoms with Crippen LogP contribution >= 0.6 is 0 Å². The van der Waals surface area contributed by atoms with Crippen LogP contribution < -0.4 is 5.73 Å². The molecule has 66 valence electrons. The van der Waals surface area contributed by atoms with Crippen LogP contribution in [0.25, 0.3) is 0 Å². The Morgan fingerprint density at radius 2 is 1.83 bits per heavy atom. The van der Waals surface area contributed by atoms with Crippen molar-refractivity contribution in [1.82, 2.24) is 0 Å². The Morgan fingerprint density at radius 3 is 2.25 bits per heavy atom. The maximum absolute atomic E-state index is 10.5. The highest BCUT2D eigenvalue weighted by atomic mass is 32.2. The summed E-state index contributed by atoms with van der Waals surface area (Å²) in [4.78, 5) is -0.417. The highest BCUT2D eigenvalue weighted by Crippen LogP contribution is 2.20. The number of hydrogen-bond acceptors (Lipinski definition) is 4. The van der Waals surface area contributed by atoms with Crippen molar-refractivity contribution in [1.29, 1.82) is 0 Å². The average Bonchev–Trinajstić information content (AvgIpc) is 1.82. The zero-order valence-electron chi connectivity index (χ0n) is 5.93. The minimum absolute atomic E-state index is 0.0719. The predicted molar refractivity (Wildman–Crippen MR) is 42.3 cm³/mol. The molecule has 0 bridgehead atoms. The molecule has 12 heavy (non-hydrogen) atoms. The maximum Gasteiger partial charge on any atom is 0.294 e. The first-order chi connectivity index (χ1) is 5.39. The molecule has 0 heterocycles. The minimum atomic E-state index is -4.29. The van der Waals surface area contributed by atoms with E-state index in [1.165, 1.54) is 6.07 Å². The molecule has 1 rings (SSSR count). The highest BCUT2D eigenvalue weighted by Gasteiger charge is 2.10. The number of rotatable bonds is 1. The van der Waals surface area contributed by atoms with Gasteiger partial charge in [-0.1, -0.05) is 0 Å². The molecule has 0 aliphatic carbocycles. The van der Waals surface area contributed by atoms with Gasteiger partial charge in [0.15, 0.2) is 0 Å². The van der Waals surface area contributed by atoms with E-state index in [2.05, 4.69) is 0 Å². The normalized spacial score (nSPS) is 11.4. The third kappa shape index (κ3) is 1.86. The van der Waals surface area contributed by atoms with E-state index in [1.807, 2.05) is 0 Å². The van der Waals surface area contributed by atoms with E-state index in [1.54, 1.807) is 0 Å². The van der Waals surface area contributed by atoms with Gasteiger partial charge in [-0.05, 0) is 6.07 Å². The van der Waals surface area contributed by atoms with Crippen LogP contribution in [0.3, 0.4) is 0 Å². The Bertz CT molecular complexity index is 378. The number of phenols is 1. The van der Waals surface area contributed by atoms with E-state index < -0.39 is 15.0 Å². The van der Waals surface area contributed by atoms with Crippen LogP contribution in [0.1, 0.15) is 0 Å². The number of anilines is 1.